The molecule has 0 saturated heterocycles. The molecule has 2 aromatic carbocycles. The van der Waals surface area contributed by atoms with Crippen molar-refractivity contribution in [1.29, 1.82) is 0 Å². The van der Waals surface area contributed by atoms with Crippen LogP contribution in [0.1, 0.15) is 5.56 Å². The second-order valence-electron chi connectivity index (χ2n) is 5.58. The van der Waals surface area contributed by atoms with E-state index >= 15 is 0 Å². The van der Waals surface area contributed by atoms with E-state index in [0.29, 0.717) is 22.3 Å². The molecule has 27 heavy (non-hydrogen) atoms. The summed E-state index contributed by atoms with van der Waals surface area (Å²) in [5, 5.41) is 3.11. The molecule has 5 N–H and O–H groups in total. The van der Waals surface area contributed by atoms with Crippen LogP contribution in [0.4, 0.5) is 17.6 Å². The summed E-state index contributed by atoms with van der Waals surface area (Å²) in [5.74, 6) is 1.12. The van der Waals surface area contributed by atoms with Gasteiger partial charge in [0.1, 0.15) is 5.75 Å². The molecule has 3 aromatic rings. The summed E-state index contributed by atoms with van der Waals surface area (Å²) in [4.78, 5) is 23.8. The smallest absolute Gasteiger partial charge is 0.234 e. The van der Waals surface area contributed by atoms with Crippen LogP contribution >= 0.6 is 11.8 Å². The highest BCUT2D eigenvalue weighted by Crippen LogP contribution is 2.29. The number of nitrogens with one attached hydrogen (secondary N) is 1. The van der Waals surface area contributed by atoms with E-state index < -0.39 is 0 Å². The molecule has 0 radical (unpaired) electrons. The van der Waals surface area contributed by atoms with Crippen LogP contribution in [0.2, 0.25) is 0 Å². The number of carbonyl (C=O) groups excluding carboxylic acids is 1. The van der Waals surface area contributed by atoms with Gasteiger partial charge >= 0.3 is 0 Å². The van der Waals surface area contributed by atoms with Gasteiger partial charge in [-0.15, -0.1) is 0 Å². The van der Waals surface area contributed by atoms with Crippen molar-refractivity contribution in [3.8, 4) is 11.5 Å². The monoisotopic (exact) mass is 382 g/mol. The fraction of sp³-hybridized carbons (Fsp3) is 0.111. The van der Waals surface area contributed by atoms with Crippen LogP contribution in [0.25, 0.3) is 0 Å². The van der Waals surface area contributed by atoms with Gasteiger partial charge in [0.25, 0.3) is 0 Å². The van der Waals surface area contributed by atoms with Crippen LogP contribution < -0.4 is 21.5 Å². The van der Waals surface area contributed by atoms with Crippen LogP contribution in [-0.4, -0.2) is 26.6 Å². The zero-order valence-electron chi connectivity index (χ0n) is 14.5. The number of thioether (sulfide) groups is 1. The van der Waals surface area contributed by atoms with Crippen molar-refractivity contribution in [2.75, 3.05) is 22.5 Å². The molecule has 0 aliphatic carbocycles. The lowest BCUT2D eigenvalue weighted by atomic mass is 10.2. The van der Waals surface area contributed by atoms with Crippen molar-refractivity contribution in [3.63, 3.8) is 0 Å². The molecule has 0 unspecified atom stereocenters. The SMILES string of the molecule is Cc1ccc(Oc2ccccc2NC(=O)CSc2nc(N)nc(N)n2)cc1. The number of aryl methyl sites for hydroxylation is 1. The van der Waals surface area contributed by atoms with Crippen molar-refractivity contribution >= 4 is 35.3 Å². The van der Waals surface area contributed by atoms with E-state index in [4.69, 9.17) is 16.2 Å². The summed E-state index contributed by atoms with van der Waals surface area (Å²) in [7, 11) is 0. The molecular formula is C18H18N6O2S. The Labute approximate surface area is 160 Å². The number of rotatable bonds is 6. The number of nitrogens with two attached hydrogens (primary N) is 2. The third kappa shape index (κ3) is 5.32. The summed E-state index contributed by atoms with van der Waals surface area (Å²) in [6.07, 6.45) is 0. The van der Waals surface area contributed by atoms with Crippen molar-refractivity contribution in [3.05, 3.63) is 54.1 Å². The highest BCUT2D eigenvalue weighted by molar-refractivity contribution is 7.99. The summed E-state index contributed by atoms with van der Waals surface area (Å²) in [6.45, 7) is 2.00. The second kappa shape index (κ2) is 8.37. The van der Waals surface area contributed by atoms with Crippen LogP contribution in [-0.2, 0) is 4.79 Å². The van der Waals surface area contributed by atoms with Crippen molar-refractivity contribution < 1.29 is 9.53 Å². The first-order chi connectivity index (χ1) is 13.0. The number of benzene rings is 2. The summed E-state index contributed by atoms with van der Waals surface area (Å²) in [5.41, 5.74) is 12.7. The first kappa shape index (κ1) is 18.5. The quantitative estimate of drug-likeness (QED) is 0.555. The first-order valence-electron chi connectivity index (χ1n) is 8.03. The number of carbonyl (C=O) groups is 1. The summed E-state index contributed by atoms with van der Waals surface area (Å²) in [6, 6.07) is 14.9. The van der Waals surface area contributed by atoms with Crippen LogP contribution in [0, 0.1) is 6.92 Å². The van der Waals surface area contributed by atoms with Gasteiger partial charge in [0.05, 0.1) is 11.4 Å². The fourth-order valence-electron chi connectivity index (χ4n) is 2.16. The lowest BCUT2D eigenvalue weighted by Crippen LogP contribution is -2.15. The Balaban J connectivity index is 1.64. The minimum absolute atomic E-state index is 0.0160. The highest BCUT2D eigenvalue weighted by Gasteiger charge is 2.11. The second-order valence-corrected chi connectivity index (χ2v) is 6.53. The Bertz CT molecular complexity index is 929. The Kier molecular flexibility index (Phi) is 5.72. The molecule has 0 fully saturated rings. The maximum atomic E-state index is 12.3. The average Bonchev–Trinajstić information content (AvgIpc) is 2.63. The number of anilines is 3. The molecule has 8 nitrogen and oxygen atoms in total. The van der Waals surface area contributed by atoms with Gasteiger partial charge in [-0.25, -0.2) is 0 Å². The summed E-state index contributed by atoms with van der Waals surface area (Å²) < 4.78 is 5.87. The van der Waals surface area contributed by atoms with E-state index in [1.807, 2.05) is 43.3 Å². The van der Waals surface area contributed by atoms with Gasteiger partial charge in [-0.2, -0.15) is 15.0 Å². The predicted octanol–water partition coefficient (Wildman–Crippen LogP) is 2.87. The molecule has 1 aromatic heterocycles. The van der Waals surface area contributed by atoms with E-state index in [1.165, 1.54) is 0 Å². The van der Waals surface area contributed by atoms with Crippen LogP contribution in [0.3, 0.4) is 0 Å². The maximum Gasteiger partial charge on any atom is 0.234 e. The number of aromatic nitrogens is 3. The van der Waals surface area contributed by atoms with Gasteiger partial charge < -0.3 is 21.5 Å². The summed E-state index contributed by atoms with van der Waals surface area (Å²) >= 11 is 1.11. The largest absolute Gasteiger partial charge is 0.455 e. The topological polar surface area (TPSA) is 129 Å². The molecule has 0 bridgehead atoms. The van der Waals surface area contributed by atoms with Crippen molar-refractivity contribution in [1.82, 2.24) is 15.0 Å². The molecule has 3 rings (SSSR count). The first-order valence-corrected chi connectivity index (χ1v) is 9.01. The molecule has 0 aliphatic heterocycles. The molecule has 9 heteroatoms. The average molecular weight is 382 g/mol. The van der Waals surface area contributed by atoms with E-state index in [2.05, 4.69) is 20.3 Å². The molecule has 1 heterocycles. The minimum Gasteiger partial charge on any atom is -0.455 e. The number of nitrogens with zero attached hydrogens (tertiary/aromatic N) is 3. The number of ether oxygens (including phenoxy) is 1. The molecule has 0 atom stereocenters. The molecule has 0 aliphatic rings. The van der Waals surface area contributed by atoms with Gasteiger partial charge in [0.15, 0.2) is 10.9 Å². The minimum atomic E-state index is -0.238. The molecule has 1 amide bonds. The molecule has 138 valence electrons. The lowest BCUT2D eigenvalue weighted by molar-refractivity contribution is -0.113. The zero-order valence-corrected chi connectivity index (χ0v) is 15.4. The number of para-hydroxylation sites is 2. The van der Waals surface area contributed by atoms with E-state index in [0.717, 1.165) is 17.3 Å². The van der Waals surface area contributed by atoms with Crippen LogP contribution in [0.5, 0.6) is 11.5 Å². The predicted molar refractivity (Wildman–Crippen MR) is 106 cm³/mol. The third-order valence-electron chi connectivity index (χ3n) is 3.39. The van der Waals surface area contributed by atoms with Crippen molar-refractivity contribution in [2.24, 2.45) is 0 Å². The van der Waals surface area contributed by atoms with Crippen molar-refractivity contribution in [2.45, 2.75) is 12.1 Å². The molecular weight excluding hydrogens is 364 g/mol. The normalized spacial score (nSPS) is 10.4. The third-order valence-corrected chi connectivity index (χ3v) is 4.24. The van der Waals surface area contributed by atoms with E-state index in [9.17, 15) is 4.79 Å². The number of hydrogen-bond donors (Lipinski definition) is 3. The maximum absolute atomic E-state index is 12.3. The number of nitrogen functional groups attached to an aromatic ring is 2. The molecule has 0 saturated carbocycles. The number of hydrogen-bond acceptors (Lipinski definition) is 8. The van der Waals surface area contributed by atoms with E-state index in [-0.39, 0.29) is 23.6 Å². The highest BCUT2D eigenvalue weighted by atomic mass is 32.2. The Morgan fingerprint density at radius 3 is 2.41 bits per heavy atom. The van der Waals surface area contributed by atoms with E-state index in [1.54, 1.807) is 12.1 Å². The van der Waals surface area contributed by atoms with Crippen LogP contribution in [0.15, 0.2) is 53.7 Å². The van der Waals surface area contributed by atoms with Gasteiger partial charge in [0.2, 0.25) is 17.8 Å². The Hall–Kier alpha value is -3.33. The Morgan fingerprint density at radius 2 is 1.70 bits per heavy atom. The van der Waals surface area contributed by atoms with Gasteiger partial charge in [-0.1, -0.05) is 41.6 Å². The lowest BCUT2D eigenvalue weighted by Gasteiger charge is -2.12. The van der Waals surface area contributed by atoms with Gasteiger partial charge in [-0.3, -0.25) is 4.79 Å². The standard InChI is InChI=1S/C18H18N6O2S/c1-11-6-8-12(9-7-11)26-14-5-3-2-4-13(14)21-15(25)10-27-18-23-16(19)22-17(20)24-18/h2-9H,10H2,1H3,(H,21,25)(H4,19,20,22,23,24). The Morgan fingerprint density at radius 1 is 1.04 bits per heavy atom. The number of amides is 1. The molecule has 0 spiro atoms. The fourth-order valence-corrected chi connectivity index (χ4v) is 2.81. The zero-order chi connectivity index (χ0) is 19.2. The van der Waals surface area contributed by atoms with Gasteiger partial charge in [0, 0.05) is 0 Å². The van der Waals surface area contributed by atoms with Gasteiger partial charge in [-0.05, 0) is 31.2 Å².